The number of aromatic hydroxyl groups is 2. The topological polar surface area (TPSA) is 137 Å². The van der Waals surface area contributed by atoms with E-state index in [0.717, 1.165) is 17.4 Å². The molecule has 0 aliphatic carbocycles. The van der Waals surface area contributed by atoms with Gasteiger partial charge in [0.15, 0.2) is 0 Å². The second kappa shape index (κ2) is 8.73. The first kappa shape index (κ1) is 19.0. The molecule has 0 atom stereocenters. The van der Waals surface area contributed by atoms with E-state index >= 15 is 0 Å². The summed E-state index contributed by atoms with van der Waals surface area (Å²) in [5.41, 5.74) is 3.13. The van der Waals surface area contributed by atoms with Crippen LogP contribution in [0.15, 0.2) is 53.6 Å². The molecule has 2 amide bonds. The highest BCUT2D eigenvalue weighted by Crippen LogP contribution is 2.20. The zero-order valence-corrected chi connectivity index (χ0v) is 15.2. The number of phenolic OH excluding ortho intramolecular Hbond substituents is 2. The van der Waals surface area contributed by atoms with Crippen molar-refractivity contribution in [1.29, 1.82) is 0 Å². The lowest BCUT2D eigenvalue weighted by Gasteiger charge is -2.00. The van der Waals surface area contributed by atoms with Gasteiger partial charge in [0.05, 0.1) is 12.6 Å². The zero-order chi connectivity index (χ0) is 19.9. The Morgan fingerprint density at radius 2 is 1.89 bits per heavy atom. The van der Waals surface area contributed by atoms with Crippen LogP contribution >= 0.6 is 11.3 Å². The van der Waals surface area contributed by atoms with E-state index in [1.165, 1.54) is 18.3 Å². The van der Waals surface area contributed by atoms with Crippen LogP contribution in [0.25, 0.3) is 0 Å². The SMILES string of the molecule is O=C(Cc1nnc(NC(=O)c2ccccc2)s1)N/N=C/c1ccc(O)cc1O. The van der Waals surface area contributed by atoms with Crippen molar-refractivity contribution in [3.8, 4) is 11.5 Å². The molecule has 0 aliphatic heterocycles. The van der Waals surface area contributed by atoms with E-state index in [1.807, 2.05) is 6.07 Å². The molecule has 0 bridgehead atoms. The quantitative estimate of drug-likeness (QED) is 0.370. The van der Waals surface area contributed by atoms with Crippen molar-refractivity contribution in [2.24, 2.45) is 5.10 Å². The van der Waals surface area contributed by atoms with E-state index in [4.69, 9.17) is 0 Å². The number of anilines is 1. The first-order valence-electron chi connectivity index (χ1n) is 8.04. The molecule has 0 aliphatic rings. The fraction of sp³-hybridized carbons (Fsp3) is 0.0556. The average Bonchev–Trinajstić information content (AvgIpc) is 3.11. The molecule has 2 aromatic carbocycles. The lowest BCUT2D eigenvalue weighted by atomic mass is 10.2. The minimum absolute atomic E-state index is 0.0717. The van der Waals surface area contributed by atoms with Crippen LogP contribution in [0, 0.1) is 0 Å². The number of hydrogen-bond donors (Lipinski definition) is 4. The highest BCUT2D eigenvalue weighted by atomic mass is 32.1. The van der Waals surface area contributed by atoms with Gasteiger partial charge >= 0.3 is 0 Å². The molecule has 1 aromatic heterocycles. The molecule has 1 heterocycles. The Kier molecular flexibility index (Phi) is 5.92. The minimum atomic E-state index is -0.438. The van der Waals surface area contributed by atoms with Crippen LogP contribution in [-0.4, -0.2) is 38.4 Å². The van der Waals surface area contributed by atoms with E-state index in [0.29, 0.717) is 16.1 Å². The van der Waals surface area contributed by atoms with E-state index in [9.17, 15) is 19.8 Å². The van der Waals surface area contributed by atoms with Crippen LogP contribution in [0.2, 0.25) is 0 Å². The standard InChI is InChI=1S/C18H15N5O4S/c24-13-7-6-12(14(25)8-13)10-19-21-15(26)9-16-22-23-18(28-16)20-17(27)11-4-2-1-3-5-11/h1-8,10,24-25H,9H2,(H,21,26)(H,20,23,27)/b19-10+. The number of aromatic nitrogens is 2. The van der Waals surface area contributed by atoms with Gasteiger partial charge < -0.3 is 10.2 Å². The van der Waals surface area contributed by atoms with E-state index in [1.54, 1.807) is 24.3 Å². The Morgan fingerprint density at radius 3 is 2.64 bits per heavy atom. The Balaban J connectivity index is 1.52. The molecule has 3 rings (SSSR count). The van der Waals surface area contributed by atoms with Crippen molar-refractivity contribution in [3.05, 3.63) is 64.7 Å². The minimum Gasteiger partial charge on any atom is -0.508 e. The summed E-state index contributed by atoms with van der Waals surface area (Å²) in [6, 6.07) is 12.7. The van der Waals surface area contributed by atoms with E-state index < -0.39 is 5.91 Å². The molecule has 3 aromatic rings. The molecule has 4 N–H and O–H groups in total. The summed E-state index contributed by atoms with van der Waals surface area (Å²) in [5.74, 6) is -0.997. The second-order valence-electron chi connectivity index (χ2n) is 5.53. The highest BCUT2D eigenvalue weighted by molar-refractivity contribution is 7.15. The Bertz CT molecular complexity index is 1020. The number of rotatable bonds is 6. The number of carbonyl (C=O) groups is 2. The number of nitrogens with one attached hydrogen (secondary N) is 2. The number of phenols is 2. The van der Waals surface area contributed by atoms with Crippen molar-refractivity contribution in [3.63, 3.8) is 0 Å². The van der Waals surface area contributed by atoms with Crippen LogP contribution in [0.1, 0.15) is 20.9 Å². The molecule has 28 heavy (non-hydrogen) atoms. The molecule has 0 unspecified atom stereocenters. The predicted molar refractivity (Wildman–Crippen MR) is 104 cm³/mol. The van der Waals surface area contributed by atoms with Crippen molar-refractivity contribution in [2.75, 3.05) is 5.32 Å². The first-order valence-corrected chi connectivity index (χ1v) is 8.85. The third kappa shape index (κ3) is 5.11. The number of nitrogens with zero attached hydrogens (tertiary/aromatic N) is 3. The molecule has 0 saturated carbocycles. The molecule has 9 nitrogen and oxygen atoms in total. The first-order chi connectivity index (χ1) is 13.5. The van der Waals surface area contributed by atoms with Gasteiger partial charge in [0.2, 0.25) is 11.0 Å². The van der Waals surface area contributed by atoms with Gasteiger partial charge in [-0.2, -0.15) is 5.10 Å². The van der Waals surface area contributed by atoms with Crippen LogP contribution in [0.3, 0.4) is 0 Å². The fourth-order valence-corrected chi connectivity index (χ4v) is 2.86. The molecule has 0 fully saturated rings. The average molecular weight is 397 g/mol. The maximum atomic E-state index is 12.1. The van der Waals surface area contributed by atoms with Gasteiger partial charge in [-0.25, -0.2) is 5.43 Å². The highest BCUT2D eigenvalue weighted by Gasteiger charge is 2.12. The van der Waals surface area contributed by atoms with Gasteiger partial charge in [0.25, 0.3) is 5.91 Å². The molecule has 0 spiro atoms. The summed E-state index contributed by atoms with van der Waals surface area (Å²) in [6.45, 7) is 0. The summed E-state index contributed by atoms with van der Waals surface area (Å²) < 4.78 is 0. The fourth-order valence-electron chi connectivity index (χ4n) is 2.13. The van der Waals surface area contributed by atoms with Crippen LogP contribution in [0.4, 0.5) is 5.13 Å². The number of carbonyl (C=O) groups excluding carboxylic acids is 2. The predicted octanol–water partition coefficient (Wildman–Crippen LogP) is 1.89. The van der Waals surface area contributed by atoms with Gasteiger partial charge in [-0.3, -0.25) is 14.9 Å². The largest absolute Gasteiger partial charge is 0.508 e. The molecule has 10 heteroatoms. The van der Waals surface area contributed by atoms with E-state index in [2.05, 4.69) is 26.0 Å². The van der Waals surface area contributed by atoms with Crippen molar-refractivity contribution >= 4 is 34.5 Å². The van der Waals surface area contributed by atoms with Gasteiger partial charge in [-0.1, -0.05) is 29.5 Å². The Hall–Kier alpha value is -3.79. The third-order valence-electron chi connectivity index (χ3n) is 3.44. The molecular formula is C18H15N5O4S. The summed E-state index contributed by atoms with van der Waals surface area (Å²) in [7, 11) is 0. The van der Waals surface area contributed by atoms with Gasteiger partial charge in [0.1, 0.15) is 16.5 Å². The van der Waals surface area contributed by atoms with Crippen LogP contribution < -0.4 is 10.7 Å². The zero-order valence-electron chi connectivity index (χ0n) is 14.4. The van der Waals surface area contributed by atoms with Crippen molar-refractivity contribution in [1.82, 2.24) is 15.6 Å². The Labute approximate surface area is 163 Å². The smallest absolute Gasteiger partial charge is 0.257 e. The van der Waals surface area contributed by atoms with Crippen molar-refractivity contribution in [2.45, 2.75) is 6.42 Å². The molecule has 0 radical (unpaired) electrons. The lowest BCUT2D eigenvalue weighted by molar-refractivity contribution is -0.120. The molecule has 0 saturated heterocycles. The monoisotopic (exact) mass is 397 g/mol. The summed E-state index contributed by atoms with van der Waals surface area (Å²) in [5, 5.41) is 33.6. The van der Waals surface area contributed by atoms with Crippen LogP contribution in [-0.2, 0) is 11.2 Å². The normalized spacial score (nSPS) is 10.7. The number of hydrazone groups is 1. The van der Waals surface area contributed by atoms with Gasteiger partial charge in [-0.05, 0) is 24.3 Å². The summed E-state index contributed by atoms with van der Waals surface area (Å²) in [4.78, 5) is 24.0. The van der Waals surface area contributed by atoms with Crippen molar-refractivity contribution < 1.29 is 19.8 Å². The number of benzene rings is 2. The van der Waals surface area contributed by atoms with Gasteiger partial charge in [-0.15, -0.1) is 10.2 Å². The maximum absolute atomic E-state index is 12.1. The molecular weight excluding hydrogens is 382 g/mol. The van der Waals surface area contributed by atoms with Crippen LogP contribution in [0.5, 0.6) is 11.5 Å². The third-order valence-corrected chi connectivity index (χ3v) is 4.28. The number of amides is 2. The molecule has 142 valence electrons. The summed E-state index contributed by atoms with van der Waals surface area (Å²) in [6.07, 6.45) is 1.18. The van der Waals surface area contributed by atoms with E-state index in [-0.39, 0.29) is 29.0 Å². The number of hydrogen-bond acceptors (Lipinski definition) is 8. The Morgan fingerprint density at radius 1 is 1.11 bits per heavy atom. The maximum Gasteiger partial charge on any atom is 0.257 e. The van der Waals surface area contributed by atoms with Gasteiger partial charge in [0, 0.05) is 17.2 Å². The lowest BCUT2D eigenvalue weighted by Crippen LogP contribution is -2.19. The summed E-state index contributed by atoms with van der Waals surface area (Å²) >= 11 is 1.08. The second-order valence-corrected chi connectivity index (χ2v) is 6.60.